The first-order valence-electron chi connectivity index (χ1n) is 12.6. The van der Waals surface area contributed by atoms with Crippen molar-refractivity contribution >= 4 is 11.8 Å². The molecular formula is C29H33F3N2O4. The third-order valence-electron chi connectivity index (χ3n) is 5.93. The maximum Gasteiger partial charge on any atom is 0.419 e. The lowest BCUT2D eigenvalue weighted by atomic mass is 10.0. The number of nitrogens with one attached hydrogen (secondary N) is 1. The van der Waals surface area contributed by atoms with Gasteiger partial charge in [-0.15, -0.1) is 0 Å². The molecule has 3 rings (SSSR count). The number of benzene rings is 2. The highest BCUT2D eigenvalue weighted by Crippen LogP contribution is 2.35. The topological polar surface area (TPSA) is 69.7 Å². The van der Waals surface area contributed by atoms with Gasteiger partial charge in [-0.25, -0.2) is 4.98 Å². The predicted molar refractivity (Wildman–Crippen MR) is 141 cm³/mol. The molecular weight excluding hydrogens is 497 g/mol. The summed E-state index contributed by atoms with van der Waals surface area (Å²) in [5, 5.41) is 2.83. The van der Waals surface area contributed by atoms with Crippen LogP contribution in [0.5, 0.6) is 11.5 Å². The number of nitrogens with zero attached hydrogens (tertiary/aromatic N) is 1. The van der Waals surface area contributed by atoms with Crippen molar-refractivity contribution < 1.29 is 32.2 Å². The minimum atomic E-state index is -4.53. The summed E-state index contributed by atoms with van der Waals surface area (Å²) < 4.78 is 56.7. The van der Waals surface area contributed by atoms with Crippen molar-refractivity contribution in [2.45, 2.75) is 45.7 Å². The van der Waals surface area contributed by atoms with E-state index in [2.05, 4.69) is 10.3 Å². The van der Waals surface area contributed by atoms with Gasteiger partial charge in [0, 0.05) is 18.5 Å². The molecule has 0 atom stereocenters. The third kappa shape index (κ3) is 8.13. The lowest BCUT2D eigenvalue weighted by Crippen LogP contribution is -2.15. The first-order valence-corrected chi connectivity index (χ1v) is 12.6. The summed E-state index contributed by atoms with van der Waals surface area (Å²) in [6, 6.07) is 15.1. The minimum absolute atomic E-state index is 0.218. The Bertz CT molecular complexity index is 1200. The molecule has 1 N–H and O–H groups in total. The molecule has 0 aliphatic rings. The molecule has 0 saturated heterocycles. The molecule has 38 heavy (non-hydrogen) atoms. The van der Waals surface area contributed by atoms with Crippen molar-refractivity contribution in [1.82, 2.24) is 4.98 Å². The maximum atomic E-state index is 13.6. The Morgan fingerprint density at radius 3 is 2.37 bits per heavy atom. The zero-order chi connectivity index (χ0) is 27.5. The molecule has 0 bridgehead atoms. The number of anilines is 1. The van der Waals surface area contributed by atoms with Crippen LogP contribution >= 0.6 is 0 Å². The molecule has 0 radical (unpaired) electrons. The number of halogens is 3. The van der Waals surface area contributed by atoms with Crippen molar-refractivity contribution in [3.8, 4) is 22.8 Å². The monoisotopic (exact) mass is 530 g/mol. The number of hydrogen-bond donors (Lipinski definition) is 1. The molecule has 0 aliphatic heterocycles. The number of ether oxygens (including phenoxy) is 3. The summed E-state index contributed by atoms with van der Waals surface area (Å²) in [5.41, 5.74) is 2.44. The van der Waals surface area contributed by atoms with Gasteiger partial charge in [0.15, 0.2) is 0 Å². The number of carbonyl (C=O) groups excluding carboxylic acids is 1. The van der Waals surface area contributed by atoms with Crippen LogP contribution in [0.15, 0.2) is 54.6 Å². The molecule has 3 aromatic rings. The fourth-order valence-corrected chi connectivity index (χ4v) is 3.95. The van der Waals surface area contributed by atoms with Crippen LogP contribution in [-0.4, -0.2) is 37.8 Å². The fraction of sp³-hybridized carbons (Fsp3) is 0.379. The zero-order valence-electron chi connectivity index (χ0n) is 21.9. The van der Waals surface area contributed by atoms with Crippen molar-refractivity contribution in [2.75, 3.05) is 32.2 Å². The normalized spacial score (nSPS) is 11.2. The average molecular weight is 531 g/mol. The van der Waals surface area contributed by atoms with E-state index in [1.165, 1.54) is 6.07 Å². The molecule has 0 aliphatic carbocycles. The van der Waals surface area contributed by atoms with Crippen LogP contribution in [0.2, 0.25) is 0 Å². The third-order valence-corrected chi connectivity index (χ3v) is 5.93. The van der Waals surface area contributed by atoms with Crippen molar-refractivity contribution in [2.24, 2.45) is 0 Å². The van der Waals surface area contributed by atoms with E-state index in [9.17, 15) is 18.0 Å². The van der Waals surface area contributed by atoms with Gasteiger partial charge in [-0.2, -0.15) is 13.2 Å². The highest BCUT2D eigenvalue weighted by molar-refractivity contribution is 5.69. The summed E-state index contributed by atoms with van der Waals surface area (Å²) in [6.45, 7) is 4.74. The van der Waals surface area contributed by atoms with Crippen molar-refractivity contribution in [3.63, 3.8) is 0 Å². The van der Waals surface area contributed by atoms with E-state index >= 15 is 0 Å². The van der Waals surface area contributed by atoms with Gasteiger partial charge in [-0.3, -0.25) is 4.79 Å². The Hall–Kier alpha value is -3.75. The average Bonchev–Trinajstić information content (AvgIpc) is 2.91. The van der Waals surface area contributed by atoms with Crippen LogP contribution < -0.4 is 14.8 Å². The van der Waals surface area contributed by atoms with Gasteiger partial charge in [0.05, 0.1) is 31.6 Å². The number of aryl methyl sites for hydroxylation is 2. The molecule has 204 valence electrons. The summed E-state index contributed by atoms with van der Waals surface area (Å²) in [5.74, 6) is 0.888. The second kappa shape index (κ2) is 13.7. The number of pyridine rings is 1. The first kappa shape index (κ1) is 28.8. The Labute approximate surface area is 221 Å². The number of carbonyl (C=O) groups is 1. The SMILES string of the molecule is CCOC(=O)CCc1ccc(OCCCNc2nc(-c3ccc(OC)cc3)ccc2C(F)(F)F)cc1CC. The summed E-state index contributed by atoms with van der Waals surface area (Å²) in [7, 11) is 1.55. The maximum absolute atomic E-state index is 13.6. The van der Waals surface area contributed by atoms with E-state index in [-0.39, 0.29) is 18.3 Å². The number of methoxy groups -OCH3 is 1. The second-order valence-corrected chi connectivity index (χ2v) is 8.54. The molecule has 1 heterocycles. The van der Waals surface area contributed by atoms with Crippen LogP contribution in [0, 0.1) is 0 Å². The fourth-order valence-electron chi connectivity index (χ4n) is 3.95. The van der Waals surface area contributed by atoms with Gasteiger partial charge in [-0.05, 0) is 85.8 Å². The summed E-state index contributed by atoms with van der Waals surface area (Å²) in [4.78, 5) is 15.9. The van der Waals surface area contributed by atoms with E-state index < -0.39 is 11.7 Å². The van der Waals surface area contributed by atoms with Crippen LogP contribution in [0.1, 0.15) is 43.4 Å². The summed E-state index contributed by atoms with van der Waals surface area (Å²) in [6.07, 6.45) is -2.36. The van der Waals surface area contributed by atoms with E-state index in [1.54, 1.807) is 38.3 Å². The Morgan fingerprint density at radius 1 is 0.974 bits per heavy atom. The lowest BCUT2D eigenvalue weighted by Gasteiger charge is -2.16. The minimum Gasteiger partial charge on any atom is -0.497 e. The Balaban J connectivity index is 1.58. The van der Waals surface area contributed by atoms with Crippen LogP contribution in [0.3, 0.4) is 0 Å². The van der Waals surface area contributed by atoms with Gasteiger partial charge in [0.2, 0.25) is 0 Å². The summed E-state index contributed by atoms with van der Waals surface area (Å²) >= 11 is 0. The number of alkyl halides is 3. The molecule has 2 aromatic carbocycles. The molecule has 1 aromatic heterocycles. The van der Waals surface area contributed by atoms with Gasteiger partial charge in [0.25, 0.3) is 0 Å². The molecule has 0 spiro atoms. The number of hydrogen-bond acceptors (Lipinski definition) is 6. The smallest absolute Gasteiger partial charge is 0.419 e. The molecule has 0 amide bonds. The molecule has 0 unspecified atom stereocenters. The van der Waals surface area contributed by atoms with Crippen LogP contribution in [-0.2, 0) is 28.5 Å². The Kier molecular flexibility index (Phi) is 10.4. The van der Waals surface area contributed by atoms with E-state index in [0.717, 1.165) is 23.6 Å². The molecule has 9 heteroatoms. The van der Waals surface area contributed by atoms with Gasteiger partial charge in [0.1, 0.15) is 17.3 Å². The number of esters is 1. The second-order valence-electron chi connectivity index (χ2n) is 8.54. The first-order chi connectivity index (χ1) is 18.2. The van der Waals surface area contributed by atoms with E-state index in [1.807, 2.05) is 25.1 Å². The highest BCUT2D eigenvalue weighted by Gasteiger charge is 2.34. The van der Waals surface area contributed by atoms with E-state index in [0.29, 0.717) is 55.2 Å². The largest absolute Gasteiger partial charge is 0.497 e. The van der Waals surface area contributed by atoms with Crippen molar-refractivity contribution in [3.05, 3.63) is 71.3 Å². The standard InChI is InChI=1S/C29H33F3N2O4/c1-4-20-19-24(13-7-21(20)10-16-27(35)37-5-2)38-18-6-17-33-28-25(29(30,31)32)14-15-26(34-28)22-8-11-23(36-3)12-9-22/h7-9,11-15,19H,4-6,10,16-18H2,1-3H3,(H,33,34). The molecule has 6 nitrogen and oxygen atoms in total. The number of rotatable bonds is 13. The van der Waals surface area contributed by atoms with Gasteiger partial charge < -0.3 is 19.5 Å². The van der Waals surface area contributed by atoms with Crippen molar-refractivity contribution in [1.29, 1.82) is 0 Å². The molecule has 0 saturated carbocycles. The lowest BCUT2D eigenvalue weighted by molar-refractivity contribution is -0.143. The Morgan fingerprint density at radius 2 is 1.71 bits per heavy atom. The van der Waals surface area contributed by atoms with E-state index in [4.69, 9.17) is 14.2 Å². The highest BCUT2D eigenvalue weighted by atomic mass is 19.4. The zero-order valence-corrected chi connectivity index (χ0v) is 21.9. The quantitative estimate of drug-likeness (QED) is 0.196. The van der Waals surface area contributed by atoms with Crippen LogP contribution in [0.25, 0.3) is 11.3 Å². The predicted octanol–water partition coefficient (Wildman–Crippen LogP) is 6.72. The van der Waals surface area contributed by atoms with Gasteiger partial charge >= 0.3 is 12.1 Å². The van der Waals surface area contributed by atoms with Gasteiger partial charge in [-0.1, -0.05) is 13.0 Å². The van der Waals surface area contributed by atoms with Crippen LogP contribution in [0.4, 0.5) is 19.0 Å². The molecule has 0 fully saturated rings. The number of aromatic nitrogens is 1.